The zero-order chi connectivity index (χ0) is 32.4. The molecule has 1 aliphatic carbocycles. The van der Waals surface area contributed by atoms with Crippen LogP contribution in [0.4, 0.5) is 35.1 Å². The highest BCUT2D eigenvalue weighted by Crippen LogP contribution is 2.40. The lowest BCUT2D eigenvalue weighted by Crippen LogP contribution is -2.34. The van der Waals surface area contributed by atoms with Gasteiger partial charge in [-0.1, -0.05) is 30.3 Å². The van der Waals surface area contributed by atoms with Crippen LogP contribution >= 0.6 is 0 Å². The van der Waals surface area contributed by atoms with Crippen molar-refractivity contribution in [3.63, 3.8) is 0 Å². The fraction of sp³-hybridized carbons (Fsp3) is 0.394. The molecule has 3 aromatic rings. The Morgan fingerprint density at radius 3 is 1.84 bits per heavy atom. The summed E-state index contributed by atoms with van der Waals surface area (Å²) in [7, 11) is 0. The number of rotatable bonds is 9. The summed E-state index contributed by atoms with van der Waals surface area (Å²) in [5, 5.41) is 0. The molecule has 5 rings (SSSR count). The van der Waals surface area contributed by atoms with Gasteiger partial charge in [-0.15, -0.1) is 19.8 Å². The zero-order valence-corrected chi connectivity index (χ0v) is 23.8. The summed E-state index contributed by atoms with van der Waals surface area (Å²) < 4.78 is 128. The van der Waals surface area contributed by atoms with Crippen molar-refractivity contribution in [1.29, 1.82) is 0 Å². The van der Waals surface area contributed by atoms with Crippen molar-refractivity contribution in [1.82, 2.24) is 0 Å². The SMILES string of the molecule is C=CC1CCC(C2COC(c3ccc(C(F)(F)Oc4ccc(-c5ccc(C(F)(F)OC(F)(F)F)cc5)c(F)c4)cc3)OC2)CC1. The van der Waals surface area contributed by atoms with E-state index in [0.717, 1.165) is 62.1 Å². The van der Waals surface area contributed by atoms with Gasteiger partial charge in [0.05, 0.1) is 24.3 Å². The minimum Gasteiger partial charge on any atom is -0.429 e. The van der Waals surface area contributed by atoms with Crippen molar-refractivity contribution in [2.75, 3.05) is 13.2 Å². The van der Waals surface area contributed by atoms with Crippen molar-refractivity contribution in [3.05, 3.63) is 102 Å². The second-order valence-electron chi connectivity index (χ2n) is 11.2. The van der Waals surface area contributed by atoms with Crippen LogP contribution in [0.5, 0.6) is 5.75 Å². The maximum Gasteiger partial charge on any atom is 0.527 e. The molecule has 0 amide bonds. The topological polar surface area (TPSA) is 36.9 Å². The Labute approximate surface area is 254 Å². The summed E-state index contributed by atoms with van der Waals surface area (Å²) in [6.07, 6.45) is -8.38. The zero-order valence-electron chi connectivity index (χ0n) is 23.8. The van der Waals surface area contributed by atoms with E-state index in [9.17, 15) is 35.1 Å². The van der Waals surface area contributed by atoms with Crippen LogP contribution in [0.2, 0.25) is 0 Å². The predicted octanol–water partition coefficient (Wildman–Crippen LogP) is 9.86. The monoisotopic (exact) mass is 642 g/mol. The molecule has 45 heavy (non-hydrogen) atoms. The van der Waals surface area contributed by atoms with Crippen LogP contribution < -0.4 is 4.74 Å². The van der Waals surface area contributed by atoms with Gasteiger partial charge in [0.25, 0.3) is 0 Å². The maximum atomic E-state index is 15.0. The second kappa shape index (κ2) is 13.1. The summed E-state index contributed by atoms with van der Waals surface area (Å²) in [5.41, 5.74) is -1.22. The molecular formula is C33H30F8O4. The Bertz CT molecular complexity index is 1440. The van der Waals surface area contributed by atoms with Crippen LogP contribution in [-0.4, -0.2) is 19.6 Å². The Balaban J connectivity index is 1.18. The maximum absolute atomic E-state index is 15.0. The van der Waals surface area contributed by atoms with Gasteiger partial charge < -0.3 is 14.2 Å². The lowest BCUT2D eigenvalue weighted by molar-refractivity contribution is -0.431. The molecule has 0 N–H and O–H groups in total. The van der Waals surface area contributed by atoms with E-state index in [4.69, 9.17) is 14.2 Å². The molecule has 242 valence electrons. The molecule has 1 heterocycles. The number of halogens is 8. The molecule has 2 fully saturated rings. The quantitative estimate of drug-likeness (QED) is 0.172. The predicted molar refractivity (Wildman–Crippen MR) is 148 cm³/mol. The van der Waals surface area contributed by atoms with E-state index in [0.29, 0.717) is 48.8 Å². The molecule has 2 aliphatic rings. The minimum atomic E-state index is -5.58. The number of ether oxygens (including phenoxy) is 4. The van der Waals surface area contributed by atoms with Crippen molar-refractivity contribution in [2.24, 2.45) is 17.8 Å². The highest BCUT2D eigenvalue weighted by molar-refractivity contribution is 5.65. The minimum absolute atomic E-state index is 0.00602. The van der Waals surface area contributed by atoms with E-state index >= 15 is 0 Å². The van der Waals surface area contributed by atoms with Crippen molar-refractivity contribution in [2.45, 2.75) is 50.6 Å². The van der Waals surface area contributed by atoms with Crippen LogP contribution in [0.1, 0.15) is 48.7 Å². The number of allylic oxidation sites excluding steroid dienone is 1. The van der Waals surface area contributed by atoms with Gasteiger partial charge in [-0.25, -0.2) is 9.13 Å². The summed E-state index contributed by atoms with van der Waals surface area (Å²) in [6.45, 7) is 4.90. The summed E-state index contributed by atoms with van der Waals surface area (Å²) >= 11 is 0. The third kappa shape index (κ3) is 8.03. The van der Waals surface area contributed by atoms with Crippen LogP contribution in [0.25, 0.3) is 11.1 Å². The van der Waals surface area contributed by atoms with Crippen LogP contribution in [0, 0.1) is 23.6 Å². The first-order valence-electron chi connectivity index (χ1n) is 14.3. The highest BCUT2D eigenvalue weighted by atomic mass is 19.4. The summed E-state index contributed by atoms with van der Waals surface area (Å²) in [6, 6.07) is 11.2. The fourth-order valence-electron chi connectivity index (χ4n) is 5.72. The van der Waals surface area contributed by atoms with Gasteiger partial charge in [-0.3, -0.25) is 0 Å². The van der Waals surface area contributed by atoms with E-state index in [-0.39, 0.29) is 17.0 Å². The van der Waals surface area contributed by atoms with Gasteiger partial charge in [0.2, 0.25) is 0 Å². The molecule has 1 saturated carbocycles. The average Bonchev–Trinajstić information content (AvgIpc) is 3.00. The number of hydrogen-bond donors (Lipinski definition) is 0. The van der Waals surface area contributed by atoms with E-state index in [2.05, 4.69) is 11.3 Å². The van der Waals surface area contributed by atoms with Crippen LogP contribution in [0.3, 0.4) is 0 Å². The highest BCUT2D eigenvalue weighted by Gasteiger charge is 2.46. The van der Waals surface area contributed by atoms with Crippen LogP contribution in [0.15, 0.2) is 79.4 Å². The Morgan fingerprint density at radius 1 is 0.711 bits per heavy atom. The van der Waals surface area contributed by atoms with Gasteiger partial charge in [0, 0.05) is 23.1 Å². The lowest BCUT2D eigenvalue weighted by Gasteiger charge is -2.37. The van der Waals surface area contributed by atoms with Gasteiger partial charge in [-0.2, -0.15) is 17.6 Å². The normalized spacial score (nSPS) is 23.0. The number of hydrogen-bond acceptors (Lipinski definition) is 4. The standard InChI is InChI=1S/C33H30F8O4/c1-2-20-3-5-21(6-4-20)24-18-42-30(43-19-24)23-9-13-25(14-10-23)31(35,36)44-27-15-16-28(29(34)17-27)22-7-11-26(12-8-22)32(37,38)45-33(39,40)41/h2,7-17,20-21,24,30H,1,3-6,18-19H2. The van der Waals surface area contributed by atoms with Crippen molar-refractivity contribution in [3.8, 4) is 16.9 Å². The molecular weight excluding hydrogens is 612 g/mol. The van der Waals surface area contributed by atoms with Crippen molar-refractivity contribution >= 4 is 0 Å². The molecule has 3 aromatic carbocycles. The Morgan fingerprint density at radius 2 is 1.29 bits per heavy atom. The molecule has 0 atom stereocenters. The van der Waals surface area contributed by atoms with Crippen molar-refractivity contribution < 1.29 is 54.1 Å². The Hall–Kier alpha value is -3.48. The molecule has 0 radical (unpaired) electrons. The average molecular weight is 643 g/mol. The van der Waals surface area contributed by atoms with E-state index < -0.39 is 47.6 Å². The third-order valence-electron chi connectivity index (χ3n) is 8.22. The molecule has 1 aliphatic heterocycles. The molecule has 0 spiro atoms. The van der Waals surface area contributed by atoms with E-state index in [1.54, 1.807) is 0 Å². The number of alkyl halides is 7. The Kier molecular flexibility index (Phi) is 9.57. The second-order valence-corrected chi connectivity index (χ2v) is 11.2. The van der Waals surface area contributed by atoms with E-state index in [1.165, 1.54) is 12.1 Å². The van der Waals surface area contributed by atoms with E-state index in [1.807, 2.05) is 6.08 Å². The fourth-order valence-corrected chi connectivity index (χ4v) is 5.72. The van der Waals surface area contributed by atoms with Crippen LogP contribution in [-0.2, 0) is 26.4 Å². The first-order valence-corrected chi connectivity index (χ1v) is 14.3. The molecule has 4 nitrogen and oxygen atoms in total. The summed E-state index contributed by atoms with van der Waals surface area (Å²) in [5.74, 6) is -0.192. The smallest absolute Gasteiger partial charge is 0.429 e. The first kappa shape index (κ1) is 32.9. The summed E-state index contributed by atoms with van der Waals surface area (Å²) in [4.78, 5) is 0. The number of benzene rings is 3. The molecule has 12 heteroatoms. The lowest BCUT2D eigenvalue weighted by atomic mass is 9.76. The van der Waals surface area contributed by atoms with Gasteiger partial charge in [-0.05, 0) is 79.5 Å². The largest absolute Gasteiger partial charge is 0.527 e. The third-order valence-corrected chi connectivity index (χ3v) is 8.22. The molecule has 0 bridgehead atoms. The van der Waals surface area contributed by atoms with Gasteiger partial charge in [0.1, 0.15) is 11.6 Å². The molecule has 0 unspecified atom stereocenters. The van der Waals surface area contributed by atoms with Gasteiger partial charge >= 0.3 is 18.6 Å². The molecule has 0 aromatic heterocycles. The molecule has 1 saturated heterocycles. The van der Waals surface area contributed by atoms with Gasteiger partial charge in [0.15, 0.2) is 6.29 Å². The first-order chi connectivity index (χ1) is 21.2.